The van der Waals surface area contributed by atoms with E-state index < -0.39 is 0 Å². The molecule has 1 heterocycles. The molecule has 0 atom stereocenters. The molecule has 1 aromatic carbocycles. The van der Waals surface area contributed by atoms with Crippen LogP contribution in [0.15, 0.2) is 23.2 Å². The minimum atomic E-state index is 0.193. The van der Waals surface area contributed by atoms with E-state index in [0.29, 0.717) is 19.8 Å². The third-order valence-corrected chi connectivity index (χ3v) is 5.76. The van der Waals surface area contributed by atoms with E-state index in [9.17, 15) is 5.11 Å². The number of nitrogens with zero attached hydrogens (tertiary/aromatic N) is 1. The molecule has 3 rings (SSSR count). The first-order valence-corrected chi connectivity index (χ1v) is 10.8. The lowest BCUT2D eigenvalue weighted by molar-refractivity contribution is 0.131. The number of aliphatic imine (C=N–C) groups is 1. The molecule has 6 heteroatoms. The van der Waals surface area contributed by atoms with Crippen molar-refractivity contribution in [3.8, 4) is 11.5 Å². The average molecular weight is 390 g/mol. The molecule has 0 spiro atoms. The number of nitrogens with one attached hydrogen (secondary N) is 2. The summed E-state index contributed by atoms with van der Waals surface area (Å²) in [6, 6.07) is 6.06. The molecule has 0 radical (unpaired) electrons. The number of hydrogen-bond donors (Lipinski definition) is 3. The van der Waals surface area contributed by atoms with E-state index in [4.69, 9.17) is 14.5 Å². The monoisotopic (exact) mass is 389 g/mol. The number of guanidine groups is 1. The van der Waals surface area contributed by atoms with E-state index in [1.807, 2.05) is 12.1 Å². The second-order valence-electron chi connectivity index (χ2n) is 7.91. The summed E-state index contributed by atoms with van der Waals surface area (Å²) in [6.45, 7) is 5.99. The summed E-state index contributed by atoms with van der Waals surface area (Å²) in [5, 5.41) is 16.4. The van der Waals surface area contributed by atoms with Crippen LogP contribution in [0, 0.1) is 5.41 Å². The highest BCUT2D eigenvalue weighted by Crippen LogP contribution is 2.38. The van der Waals surface area contributed by atoms with Gasteiger partial charge in [-0.3, -0.25) is 0 Å². The number of hydrogen-bond acceptors (Lipinski definition) is 4. The molecule has 3 N–H and O–H groups in total. The number of rotatable bonds is 7. The summed E-state index contributed by atoms with van der Waals surface area (Å²) in [4.78, 5) is 4.77. The van der Waals surface area contributed by atoms with Crippen molar-refractivity contribution >= 4 is 5.96 Å². The molecule has 6 nitrogen and oxygen atoms in total. The third kappa shape index (κ3) is 5.77. The lowest BCUT2D eigenvalue weighted by Gasteiger charge is -2.37. The number of benzene rings is 1. The summed E-state index contributed by atoms with van der Waals surface area (Å²) < 4.78 is 11.5. The van der Waals surface area contributed by atoms with Gasteiger partial charge in [0.25, 0.3) is 0 Å². The van der Waals surface area contributed by atoms with E-state index in [1.165, 1.54) is 32.1 Å². The minimum Gasteiger partial charge on any atom is -0.490 e. The zero-order chi connectivity index (χ0) is 19.7. The average Bonchev–Trinajstić information content (AvgIpc) is 2.96. The number of fused-ring (bicyclic) bond motifs is 1. The summed E-state index contributed by atoms with van der Waals surface area (Å²) in [5.41, 5.74) is 1.29. The maximum absolute atomic E-state index is 9.53. The van der Waals surface area contributed by atoms with Crippen LogP contribution in [0.1, 0.15) is 57.4 Å². The molecule has 28 heavy (non-hydrogen) atoms. The van der Waals surface area contributed by atoms with Crippen LogP contribution in [0.25, 0.3) is 0 Å². The third-order valence-electron chi connectivity index (χ3n) is 5.76. The maximum atomic E-state index is 9.53. The van der Waals surface area contributed by atoms with Gasteiger partial charge in [-0.15, -0.1) is 0 Å². The molecule has 0 bridgehead atoms. The van der Waals surface area contributed by atoms with Gasteiger partial charge in [0.05, 0.1) is 19.8 Å². The van der Waals surface area contributed by atoms with E-state index in [1.54, 1.807) is 0 Å². The van der Waals surface area contributed by atoms with Gasteiger partial charge in [-0.2, -0.15) is 0 Å². The van der Waals surface area contributed by atoms with Crippen molar-refractivity contribution in [3.05, 3.63) is 23.8 Å². The summed E-state index contributed by atoms with van der Waals surface area (Å²) in [5.74, 6) is 2.46. The van der Waals surface area contributed by atoms with Crippen LogP contribution >= 0.6 is 0 Å². The number of ether oxygens (including phenoxy) is 2. The quantitative estimate of drug-likeness (QED) is 0.493. The van der Waals surface area contributed by atoms with E-state index in [-0.39, 0.29) is 12.0 Å². The largest absolute Gasteiger partial charge is 0.490 e. The molecule has 0 unspecified atom stereocenters. The van der Waals surface area contributed by atoms with Gasteiger partial charge >= 0.3 is 0 Å². The normalized spacial score (nSPS) is 19.0. The fourth-order valence-electron chi connectivity index (χ4n) is 4.14. The van der Waals surface area contributed by atoms with Gasteiger partial charge in [0, 0.05) is 26.1 Å². The van der Waals surface area contributed by atoms with Crippen molar-refractivity contribution in [1.82, 2.24) is 10.6 Å². The zero-order valence-electron chi connectivity index (χ0n) is 17.1. The van der Waals surface area contributed by atoms with Crippen LogP contribution in [0.2, 0.25) is 0 Å². The number of aliphatic hydroxyl groups is 1. The molecule has 1 aliphatic heterocycles. The summed E-state index contributed by atoms with van der Waals surface area (Å²) in [6.07, 6.45) is 7.96. The second-order valence-corrected chi connectivity index (χ2v) is 7.91. The zero-order valence-corrected chi connectivity index (χ0v) is 17.1. The minimum absolute atomic E-state index is 0.193. The summed E-state index contributed by atoms with van der Waals surface area (Å²) in [7, 11) is 0. The van der Waals surface area contributed by atoms with Gasteiger partial charge in [0.1, 0.15) is 0 Å². The Morgan fingerprint density at radius 3 is 2.61 bits per heavy atom. The van der Waals surface area contributed by atoms with Gasteiger partial charge in [-0.1, -0.05) is 25.3 Å². The highest BCUT2D eigenvalue weighted by Gasteiger charge is 2.31. The Kier molecular flexibility index (Phi) is 7.83. The van der Waals surface area contributed by atoms with Gasteiger partial charge in [0.15, 0.2) is 17.5 Å². The predicted molar refractivity (Wildman–Crippen MR) is 112 cm³/mol. The van der Waals surface area contributed by atoms with Crippen LogP contribution in [0.3, 0.4) is 0 Å². The van der Waals surface area contributed by atoms with Crippen molar-refractivity contribution < 1.29 is 14.6 Å². The SMILES string of the molecule is CCNC(=NCc1ccc2c(c1)OCCCO2)NCC1(CCO)CCCCC1. The fourth-order valence-corrected chi connectivity index (χ4v) is 4.14. The lowest BCUT2D eigenvalue weighted by Crippen LogP contribution is -2.44. The topological polar surface area (TPSA) is 75.1 Å². The lowest BCUT2D eigenvalue weighted by atomic mass is 9.72. The molecule has 0 aromatic heterocycles. The van der Waals surface area contributed by atoms with Crippen LogP contribution in [-0.4, -0.2) is 44.0 Å². The fraction of sp³-hybridized carbons (Fsp3) is 0.682. The van der Waals surface area contributed by atoms with Crippen molar-refractivity contribution in [2.45, 2.75) is 58.4 Å². The van der Waals surface area contributed by atoms with Crippen molar-refractivity contribution in [3.63, 3.8) is 0 Å². The Bertz CT molecular complexity index is 636. The van der Waals surface area contributed by atoms with E-state index in [0.717, 1.165) is 49.0 Å². The van der Waals surface area contributed by atoms with Crippen molar-refractivity contribution in [2.75, 3.05) is 32.9 Å². The van der Waals surface area contributed by atoms with E-state index in [2.05, 4.69) is 23.6 Å². The Morgan fingerprint density at radius 2 is 1.86 bits per heavy atom. The smallest absolute Gasteiger partial charge is 0.191 e. The molecule has 0 saturated heterocycles. The Labute approximate surface area is 168 Å². The molecule has 156 valence electrons. The first-order valence-electron chi connectivity index (χ1n) is 10.8. The molecule has 2 aliphatic rings. The molecular formula is C22H35N3O3. The maximum Gasteiger partial charge on any atom is 0.191 e. The van der Waals surface area contributed by atoms with Crippen molar-refractivity contribution in [2.24, 2.45) is 10.4 Å². The van der Waals surface area contributed by atoms with Crippen LogP contribution in [-0.2, 0) is 6.54 Å². The van der Waals surface area contributed by atoms with Crippen LogP contribution in [0.5, 0.6) is 11.5 Å². The van der Waals surface area contributed by atoms with Crippen LogP contribution < -0.4 is 20.1 Å². The van der Waals surface area contributed by atoms with Gasteiger partial charge in [-0.05, 0) is 49.3 Å². The second kappa shape index (κ2) is 10.6. The molecule has 1 aliphatic carbocycles. The molecule has 1 fully saturated rings. The highest BCUT2D eigenvalue weighted by molar-refractivity contribution is 5.79. The Morgan fingerprint density at radius 1 is 1.07 bits per heavy atom. The Balaban J connectivity index is 1.63. The van der Waals surface area contributed by atoms with Crippen molar-refractivity contribution in [1.29, 1.82) is 0 Å². The predicted octanol–water partition coefficient (Wildman–Crippen LogP) is 3.24. The first kappa shape index (κ1) is 20.8. The Hall–Kier alpha value is -1.95. The molecular weight excluding hydrogens is 354 g/mol. The van der Waals surface area contributed by atoms with Gasteiger partial charge in [0.2, 0.25) is 0 Å². The van der Waals surface area contributed by atoms with E-state index >= 15 is 0 Å². The highest BCUT2D eigenvalue weighted by atomic mass is 16.5. The standard InChI is InChI=1S/C22H35N3O3/c1-2-23-21(25-17-22(11-12-26)9-4-3-5-10-22)24-16-18-7-8-19-20(15-18)28-14-6-13-27-19/h7-8,15,26H,2-6,9-14,16-17H2,1H3,(H2,23,24,25). The van der Waals surface area contributed by atoms with Gasteiger partial charge in [-0.25, -0.2) is 4.99 Å². The molecule has 1 saturated carbocycles. The summed E-state index contributed by atoms with van der Waals surface area (Å²) >= 11 is 0. The molecule has 0 amide bonds. The van der Waals surface area contributed by atoms with Crippen LogP contribution in [0.4, 0.5) is 0 Å². The van der Waals surface area contributed by atoms with Gasteiger partial charge < -0.3 is 25.2 Å². The molecule has 1 aromatic rings. The first-order chi connectivity index (χ1) is 13.7. The number of aliphatic hydroxyl groups excluding tert-OH is 1.